The van der Waals surface area contributed by atoms with Crippen LogP contribution in [-0.4, -0.2) is 18.2 Å². The van der Waals surface area contributed by atoms with Gasteiger partial charge in [0.05, 0.1) is 0 Å². The summed E-state index contributed by atoms with van der Waals surface area (Å²) >= 11 is 0. The SMILES string of the molecule is NCCC1CNc2cccc(O)c21. The van der Waals surface area contributed by atoms with Gasteiger partial charge in [-0.3, -0.25) is 0 Å². The summed E-state index contributed by atoms with van der Waals surface area (Å²) in [6.45, 7) is 1.56. The minimum absolute atomic E-state index is 0.376. The van der Waals surface area contributed by atoms with Gasteiger partial charge < -0.3 is 16.2 Å². The van der Waals surface area contributed by atoms with Crippen LogP contribution in [0.4, 0.5) is 5.69 Å². The number of nitrogens with two attached hydrogens (primary N) is 1. The monoisotopic (exact) mass is 178 g/mol. The van der Waals surface area contributed by atoms with Gasteiger partial charge in [-0.1, -0.05) is 6.07 Å². The summed E-state index contributed by atoms with van der Waals surface area (Å²) in [5, 5.41) is 12.9. The summed E-state index contributed by atoms with van der Waals surface area (Å²) in [6.07, 6.45) is 0.928. The standard InChI is InChI=1S/C10H14N2O/c11-5-4-7-6-12-8-2-1-3-9(13)10(7)8/h1-3,7,12-13H,4-6,11H2. The van der Waals surface area contributed by atoms with Gasteiger partial charge in [-0.25, -0.2) is 0 Å². The average molecular weight is 178 g/mol. The molecule has 0 radical (unpaired) electrons. The first-order valence-electron chi connectivity index (χ1n) is 4.58. The second-order valence-electron chi connectivity index (χ2n) is 3.39. The largest absolute Gasteiger partial charge is 0.508 e. The van der Waals surface area contributed by atoms with Crippen LogP contribution in [-0.2, 0) is 0 Å². The van der Waals surface area contributed by atoms with Crippen LogP contribution in [0.3, 0.4) is 0 Å². The molecule has 3 nitrogen and oxygen atoms in total. The quantitative estimate of drug-likeness (QED) is 0.638. The van der Waals surface area contributed by atoms with Crippen LogP contribution < -0.4 is 11.1 Å². The summed E-state index contributed by atoms with van der Waals surface area (Å²) in [7, 11) is 0. The van der Waals surface area contributed by atoms with Crippen molar-refractivity contribution in [3.8, 4) is 5.75 Å². The highest BCUT2D eigenvalue weighted by Gasteiger charge is 2.23. The highest BCUT2D eigenvalue weighted by Crippen LogP contribution is 2.39. The van der Waals surface area contributed by atoms with E-state index in [4.69, 9.17) is 5.73 Å². The van der Waals surface area contributed by atoms with Crippen LogP contribution in [0.2, 0.25) is 0 Å². The molecule has 0 amide bonds. The second-order valence-corrected chi connectivity index (χ2v) is 3.39. The normalized spacial score (nSPS) is 19.6. The predicted molar refractivity (Wildman–Crippen MR) is 53.0 cm³/mol. The van der Waals surface area contributed by atoms with Crippen molar-refractivity contribution in [2.24, 2.45) is 5.73 Å². The van der Waals surface area contributed by atoms with E-state index in [1.165, 1.54) is 0 Å². The minimum Gasteiger partial charge on any atom is -0.508 e. The molecule has 1 aromatic rings. The van der Waals surface area contributed by atoms with E-state index >= 15 is 0 Å². The van der Waals surface area contributed by atoms with Crippen molar-refractivity contribution in [3.63, 3.8) is 0 Å². The summed E-state index contributed by atoms with van der Waals surface area (Å²) in [5.41, 5.74) is 7.60. The van der Waals surface area contributed by atoms with E-state index in [0.717, 1.165) is 24.2 Å². The summed E-state index contributed by atoms with van der Waals surface area (Å²) in [4.78, 5) is 0. The summed E-state index contributed by atoms with van der Waals surface area (Å²) in [5.74, 6) is 0.766. The molecule has 70 valence electrons. The predicted octanol–water partition coefficient (Wildman–Crippen LogP) is 1.25. The number of hydrogen-bond acceptors (Lipinski definition) is 3. The maximum Gasteiger partial charge on any atom is 0.121 e. The number of phenols is 1. The van der Waals surface area contributed by atoms with Crippen LogP contribution in [0, 0.1) is 0 Å². The Bertz CT molecular complexity index is 310. The maximum absolute atomic E-state index is 9.65. The zero-order chi connectivity index (χ0) is 9.26. The third-order valence-electron chi connectivity index (χ3n) is 2.55. The Kier molecular flexibility index (Phi) is 2.10. The van der Waals surface area contributed by atoms with E-state index in [2.05, 4.69) is 5.32 Å². The first-order valence-corrected chi connectivity index (χ1v) is 4.58. The molecule has 3 heteroatoms. The molecule has 13 heavy (non-hydrogen) atoms. The van der Waals surface area contributed by atoms with Crippen molar-refractivity contribution >= 4 is 5.69 Å². The van der Waals surface area contributed by atoms with E-state index < -0.39 is 0 Å². The smallest absolute Gasteiger partial charge is 0.121 e. The van der Waals surface area contributed by atoms with Crippen LogP contribution in [0.1, 0.15) is 17.9 Å². The lowest BCUT2D eigenvalue weighted by molar-refractivity contribution is 0.463. The fraction of sp³-hybridized carbons (Fsp3) is 0.400. The first kappa shape index (κ1) is 8.38. The molecule has 0 saturated carbocycles. The highest BCUT2D eigenvalue weighted by molar-refractivity contribution is 5.62. The van der Waals surface area contributed by atoms with Crippen molar-refractivity contribution in [1.82, 2.24) is 0 Å². The average Bonchev–Trinajstić information content (AvgIpc) is 2.51. The number of phenolic OH excluding ortho intramolecular Hbond substituents is 1. The molecule has 0 fully saturated rings. The van der Waals surface area contributed by atoms with E-state index in [-0.39, 0.29) is 0 Å². The molecule has 0 bridgehead atoms. The molecule has 1 heterocycles. The summed E-state index contributed by atoms with van der Waals surface area (Å²) < 4.78 is 0. The zero-order valence-electron chi connectivity index (χ0n) is 7.46. The zero-order valence-corrected chi connectivity index (χ0v) is 7.46. The van der Waals surface area contributed by atoms with Crippen molar-refractivity contribution in [2.45, 2.75) is 12.3 Å². The Hall–Kier alpha value is -1.22. The number of fused-ring (bicyclic) bond motifs is 1. The van der Waals surface area contributed by atoms with Crippen LogP contribution in [0.15, 0.2) is 18.2 Å². The lowest BCUT2D eigenvalue weighted by Crippen LogP contribution is -2.08. The minimum atomic E-state index is 0.376. The van der Waals surface area contributed by atoms with E-state index in [9.17, 15) is 5.11 Å². The van der Waals surface area contributed by atoms with Gasteiger partial charge >= 0.3 is 0 Å². The molecular weight excluding hydrogens is 164 g/mol. The fourth-order valence-corrected chi connectivity index (χ4v) is 1.92. The molecule has 0 aliphatic carbocycles. The molecule has 1 atom stereocenters. The van der Waals surface area contributed by atoms with Crippen LogP contribution >= 0.6 is 0 Å². The lowest BCUT2D eigenvalue weighted by Gasteiger charge is -2.09. The third-order valence-corrected chi connectivity index (χ3v) is 2.55. The molecule has 1 aliphatic heterocycles. The molecule has 0 spiro atoms. The molecular formula is C10H14N2O. The Morgan fingerprint density at radius 3 is 3.15 bits per heavy atom. The number of nitrogens with one attached hydrogen (secondary N) is 1. The topological polar surface area (TPSA) is 58.3 Å². The molecule has 1 aliphatic rings. The maximum atomic E-state index is 9.65. The Labute approximate surface area is 77.6 Å². The summed E-state index contributed by atoms with van der Waals surface area (Å²) in [6, 6.07) is 5.58. The Balaban J connectivity index is 2.34. The van der Waals surface area contributed by atoms with Crippen LogP contribution in [0.5, 0.6) is 5.75 Å². The van der Waals surface area contributed by atoms with Crippen LogP contribution in [0.25, 0.3) is 0 Å². The van der Waals surface area contributed by atoms with Crippen molar-refractivity contribution < 1.29 is 5.11 Å². The molecule has 1 aromatic carbocycles. The van der Waals surface area contributed by atoms with E-state index in [1.54, 1.807) is 6.07 Å². The van der Waals surface area contributed by atoms with Gasteiger partial charge in [-0.2, -0.15) is 0 Å². The number of aromatic hydroxyl groups is 1. The molecule has 4 N–H and O–H groups in total. The molecule has 1 unspecified atom stereocenters. The Morgan fingerprint density at radius 2 is 2.38 bits per heavy atom. The number of hydrogen-bond donors (Lipinski definition) is 3. The first-order chi connectivity index (χ1) is 6.33. The van der Waals surface area contributed by atoms with Gasteiger partial charge in [0.15, 0.2) is 0 Å². The van der Waals surface area contributed by atoms with Gasteiger partial charge in [0, 0.05) is 23.7 Å². The van der Waals surface area contributed by atoms with Crippen molar-refractivity contribution in [1.29, 1.82) is 0 Å². The molecule has 0 aromatic heterocycles. The third kappa shape index (κ3) is 1.35. The van der Waals surface area contributed by atoms with Gasteiger partial charge in [0.2, 0.25) is 0 Å². The fourth-order valence-electron chi connectivity index (χ4n) is 1.92. The van der Waals surface area contributed by atoms with Gasteiger partial charge in [0.1, 0.15) is 5.75 Å². The van der Waals surface area contributed by atoms with Crippen molar-refractivity contribution in [3.05, 3.63) is 23.8 Å². The van der Waals surface area contributed by atoms with Crippen molar-refractivity contribution in [2.75, 3.05) is 18.4 Å². The Morgan fingerprint density at radius 1 is 1.54 bits per heavy atom. The van der Waals surface area contributed by atoms with Gasteiger partial charge in [-0.05, 0) is 25.1 Å². The highest BCUT2D eigenvalue weighted by atomic mass is 16.3. The molecule has 0 saturated heterocycles. The second kappa shape index (κ2) is 3.26. The van der Waals surface area contributed by atoms with Gasteiger partial charge in [-0.15, -0.1) is 0 Å². The van der Waals surface area contributed by atoms with Gasteiger partial charge in [0.25, 0.3) is 0 Å². The number of rotatable bonds is 2. The van der Waals surface area contributed by atoms with E-state index in [1.807, 2.05) is 12.1 Å². The lowest BCUT2D eigenvalue weighted by atomic mass is 9.97. The number of benzene rings is 1. The van der Waals surface area contributed by atoms with E-state index in [0.29, 0.717) is 18.2 Å². The number of anilines is 1. The molecule has 2 rings (SSSR count).